The Kier molecular flexibility index (Phi) is 2.47. The zero-order valence-electron chi connectivity index (χ0n) is 6.55. The van der Waals surface area contributed by atoms with Crippen LogP contribution in [0.2, 0.25) is 10.0 Å². The highest BCUT2D eigenvalue weighted by atomic mass is 35.5. The lowest BCUT2D eigenvalue weighted by Gasteiger charge is -1.97. The smallest absolute Gasteiger partial charge is 0.0696 e. The van der Waals surface area contributed by atoms with Gasteiger partial charge in [-0.25, -0.2) is 0 Å². The largest absolute Gasteiger partial charge is 0.392 e. The van der Waals surface area contributed by atoms with E-state index in [0.717, 1.165) is 15.6 Å². The minimum Gasteiger partial charge on any atom is -0.392 e. The van der Waals surface area contributed by atoms with Gasteiger partial charge in [-0.15, -0.1) is 11.3 Å². The second-order valence-corrected chi connectivity index (χ2v) is 4.41. The number of fused-ring (bicyclic) bond motifs is 1. The zero-order chi connectivity index (χ0) is 9.42. The molecule has 0 saturated carbocycles. The van der Waals surface area contributed by atoms with Crippen molar-refractivity contribution in [3.63, 3.8) is 0 Å². The first kappa shape index (κ1) is 9.28. The van der Waals surface area contributed by atoms with Gasteiger partial charge in [0.05, 0.1) is 16.3 Å². The van der Waals surface area contributed by atoms with Gasteiger partial charge in [0.25, 0.3) is 0 Å². The van der Waals surface area contributed by atoms with E-state index in [1.165, 1.54) is 11.3 Å². The molecule has 0 aliphatic rings. The highest BCUT2D eigenvalue weighted by molar-refractivity contribution is 7.18. The van der Waals surface area contributed by atoms with Gasteiger partial charge >= 0.3 is 0 Å². The van der Waals surface area contributed by atoms with E-state index in [9.17, 15) is 0 Å². The van der Waals surface area contributed by atoms with Gasteiger partial charge in [-0.2, -0.15) is 0 Å². The molecule has 0 atom stereocenters. The fourth-order valence-corrected chi connectivity index (χ4v) is 2.81. The number of aliphatic hydroxyl groups is 1. The van der Waals surface area contributed by atoms with Gasteiger partial charge in [0.15, 0.2) is 0 Å². The van der Waals surface area contributed by atoms with Crippen LogP contribution < -0.4 is 0 Å². The van der Waals surface area contributed by atoms with Crippen LogP contribution in [0.15, 0.2) is 17.5 Å². The minimum absolute atomic E-state index is 0.0245. The molecule has 0 bridgehead atoms. The van der Waals surface area contributed by atoms with Crippen LogP contribution in [0, 0.1) is 0 Å². The predicted molar refractivity (Wildman–Crippen MR) is 57.8 cm³/mol. The predicted octanol–water partition coefficient (Wildman–Crippen LogP) is 3.70. The van der Waals surface area contributed by atoms with E-state index in [2.05, 4.69) is 0 Å². The fourth-order valence-electron chi connectivity index (χ4n) is 1.23. The molecule has 1 N–H and O–H groups in total. The molecule has 0 unspecified atom stereocenters. The Balaban J connectivity index is 2.82. The van der Waals surface area contributed by atoms with Crippen molar-refractivity contribution < 1.29 is 5.11 Å². The van der Waals surface area contributed by atoms with Crippen LogP contribution >= 0.6 is 34.5 Å². The van der Waals surface area contributed by atoms with Crippen molar-refractivity contribution in [2.24, 2.45) is 0 Å². The molecule has 1 aromatic carbocycles. The summed E-state index contributed by atoms with van der Waals surface area (Å²) in [6.07, 6.45) is 0. The maximum Gasteiger partial charge on any atom is 0.0696 e. The van der Waals surface area contributed by atoms with Crippen LogP contribution in [-0.4, -0.2) is 5.11 Å². The normalized spacial score (nSPS) is 11.0. The Bertz CT molecular complexity index is 450. The van der Waals surface area contributed by atoms with Crippen LogP contribution in [-0.2, 0) is 6.61 Å². The van der Waals surface area contributed by atoms with E-state index < -0.39 is 0 Å². The number of rotatable bonds is 1. The maximum atomic E-state index is 9.03. The summed E-state index contributed by atoms with van der Waals surface area (Å²) in [7, 11) is 0. The third-order valence-corrected chi connectivity index (χ3v) is 3.55. The molecule has 0 amide bonds. The molecule has 4 heteroatoms. The van der Waals surface area contributed by atoms with Gasteiger partial charge in [-0.3, -0.25) is 0 Å². The SMILES string of the molecule is OCc1csc2c(Cl)cc(Cl)cc12. The molecule has 0 spiro atoms. The van der Waals surface area contributed by atoms with E-state index >= 15 is 0 Å². The molecule has 0 aliphatic heterocycles. The third kappa shape index (κ3) is 1.55. The first-order chi connectivity index (χ1) is 6.22. The van der Waals surface area contributed by atoms with Gasteiger partial charge in [0, 0.05) is 10.4 Å². The molecule has 1 heterocycles. The molecule has 2 aromatic rings. The lowest BCUT2D eigenvalue weighted by molar-refractivity contribution is 0.284. The van der Waals surface area contributed by atoms with Crippen LogP contribution in [0.5, 0.6) is 0 Å². The van der Waals surface area contributed by atoms with Gasteiger partial charge in [0.2, 0.25) is 0 Å². The first-order valence-corrected chi connectivity index (χ1v) is 5.32. The summed E-state index contributed by atoms with van der Waals surface area (Å²) in [4.78, 5) is 0. The van der Waals surface area contributed by atoms with Gasteiger partial charge in [-0.05, 0) is 23.1 Å². The van der Waals surface area contributed by atoms with Crippen LogP contribution in [0.3, 0.4) is 0 Å². The molecule has 1 nitrogen and oxygen atoms in total. The molecule has 2 rings (SSSR count). The second-order valence-electron chi connectivity index (χ2n) is 2.68. The van der Waals surface area contributed by atoms with Crippen molar-refractivity contribution in [3.8, 4) is 0 Å². The van der Waals surface area contributed by atoms with Gasteiger partial charge in [-0.1, -0.05) is 23.2 Å². The first-order valence-electron chi connectivity index (χ1n) is 3.68. The summed E-state index contributed by atoms with van der Waals surface area (Å²) in [6, 6.07) is 3.54. The minimum atomic E-state index is 0.0245. The summed E-state index contributed by atoms with van der Waals surface area (Å²) in [6.45, 7) is 0.0245. The summed E-state index contributed by atoms with van der Waals surface area (Å²) in [5, 5.41) is 13.1. The molecule has 1 aromatic heterocycles. The van der Waals surface area contributed by atoms with Crippen molar-refractivity contribution >= 4 is 44.6 Å². The van der Waals surface area contributed by atoms with Crippen molar-refractivity contribution in [3.05, 3.63) is 33.1 Å². The van der Waals surface area contributed by atoms with Crippen molar-refractivity contribution in [1.29, 1.82) is 0 Å². The lowest BCUT2D eigenvalue weighted by Crippen LogP contribution is -1.78. The van der Waals surface area contributed by atoms with Crippen LogP contribution in [0.4, 0.5) is 0 Å². The number of hydrogen-bond donors (Lipinski definition) is 1. The molecule has 0 fully saturated rings. The summed E-state index contributed by atoms with van der Waals surface area (Å²) in [5.41, 5.74) is 0.879. The Morgan fingerprint density at radius 1 is 1.31 bits per heavy atom. The highest BCUT2D eigenvalue weighted by Gasteiger charge is 2.07. The van der Waals surface area contributed by atoms with E-state index in [1.54, 1.807) is 6.07 Å². The highest BCUT2D eigenvalue weighted by Crippen LogP contribution is 2.34. The summed E-state index contributed by atoms with van der Waals surface area (Å²) in [5.74, 6) is 0. The summed E-state index contributed by atoms with van der Waals surface area (Å²) >= 11 is 13.3. The maximum absolute atomic E-state index is 9.03. The molecular formula is C9H6Cl2OS. The van der Waals surface area contributed by atoms with E-state index in [0.29, 0.717) is 10.0 Å². The fraction of sp³-hybridized carbons (Fsp3) is 0.111. The number of halogens is 2. The summed E-state index contributed by atoms with van der Waals surface area (Å²) < 4.78 is 0.982. The molecule has 0 radical (unpaired) electrons. The average Bonchev–Trinajstić information content (AvgIpc) is 2.47. The van der Waals surface area contributed by atoms with Gasteiger partial charge < -0.3 is 5.11 Å². The molecular weight excluding hydrogens is 227 g/mol. The second kappa shape index (κ2) is 3.46. The van der Waals surface area contributed by atoms with Crippen molar-refractivity contribution in [1.82, 2.24) is 0 Å². The Morgan fingerprint density at radius 2 is 2.08 bits per heavy atom. The van der Waals surface area contributed by atoms with Crippen molar-refractivity contribution in [2.45, 2.75) is 6.61 Å². The Morgan fingerprint density at radius 3 is 2.77 bits per heavy atom. The lowest BCUT2D eigenvalue weighted by atomic mass is 10.2. The zero-order valence-corrected chi connectivity index (χ0v) is 8.88. The Labute approximate surface area is 89.5 Å². The van der Waals surface area contributed by atoms with Gasteiger partial charge in [0.1, 0.15) is 0 Å². The number of hydrogen-bond acceptors (Lipinski definition) is 2. The number of benzene rings is 1. The molecule has 13 heavy (non-hydrogen) atoms. The van der Waals surface area contributed by atoms with E-state index in [-0.39, 0.29) is 6.61 Å². The molecule has 0 saturated heterocycles. The van der Waals surface area contributed by atoms with E-state index in [1.807, 2.05) is 11.4 Å². The van der Waals surface area contributed by atoms with E-state index in [4.69, 9.17) is 28.3 Å². The van der Waals surface area contributed by atoms with Crippen molar-refractivity contribution in [2.75, 3.05) is 0 Å². The quantitative estimate of drug-likeness (QED) is 0.796. The van der Waals surface area contributed by atoms with Crippen LogP contribution in [0.1, 0.15) is 5.56 Å². The standard InChI is InChI=1S/C9H6Cl2OS/c10-6-1-7-5(3-12)4-13-9(7)8(11)2-6/h1-2,4,12H,3H2. The number of aliphatic hydroxyl groups excluding tert-OH is 1. The third-order valence-electron chi connectivity index (χ3n) is 1.84. The topological polar surface area (TPSA) is 20.2 Å². The molecule has 0 aliphatic carbocycles. The number of thiophene rings is 1. The average molecular weight is 233 g/mol. The van der Waals surface area contributed by atoms with Crippen LogP contribution in [0.25, 0.3) is 10.1 Å². The Hall–Kier alpha value is -0.280. The monoisotopic (exact) mass is 232 g/mol. The molecule has 68 valence electrons.